The molecule has 20 heavy (non-hydrogen) atoms. The van der Waals surface area contributed by atoms with Crippen molar-refractivity contribution in [1.29, 1.82) is 0 Å². The smallest absolute Gasteiger partial charge is 0.250 e. The third kappa shape index (κ3) is 4.26. The summed E-state index contributed by atoms with van der Waals surface area (Å²) in [6.45, 7) is 11.0. The molecule has 0 bridgehead atoms. The molecule has 0 aliphatic rings. The highest BCUT2D eigenvalue weighted by Crippen LogP contribution is 2.37. The largest absolute Gasteiger partial charge is 0.544 e. The van der Waals surface area contributed by atoms with Gasteiger partial charge in [-0.25, -0.2) is 0 Å². The van der Waals surface area contributed by atoms with Gasteiger partial charge >= 0.3 is 0 Å². The summed E-state index contributed by atoms with van der Waals surface area (Å²) in [6, 6.07) is 7.32. The minimum absolute atomic E-state index is 0.0406. The van der Waals surface area contributed by atoms with E-state index in [4.69, 9.17) is 9.96 Å². The predicted octanol–water partition coefficient (Wildman–Crippen LogP) is 4.41. The van der Waals surface area contributed by atoms with E-state index in [1.807, 2.05) is 12.1 Å². The molecule has 1 aromatic rings. The van der Waals surface area contributed by atoms with Crippen molar-refractivity contribution >= 4 is 8.32 Å². The summed E-state index contributed by atoms with van der Waals surface area (Å²) in [4.78, 5) is 2.64. The zero-order valence-electron chi connectivity index (χ0n) is 12.8. The molecule has 5 nitrogen and oxygen atoms in total. The minimum Gasteiger partial charge on any atom is -0.544 e. The van der Waals surface area contributed by atoms with Gasteiger partial charge in [-0.1, -0.05) is 38.0 Å². The van der Waals surface area contributed by atoms with Crippen LogP contribution in [0.15, 0.2) is 29.4 Å². The Hall–Kier alpha value is -1.49. The molecule has 110 valence electrons. The highest BCUT2D eigenvalue weighted by atomic mass is 28.4. The molecule has 0 unspecified atom stereocenters. The number of hydrogen-bond acceptors (Lipinski definition) is 3. The van der Waals surface area contributed by atoms with Gasteiger partial charge < -0.3 is 9.53 Å². The Labute approximate surface area is 121 Å². The Morgan fingerprint density at radius 3 is 2.30 bits per heavy atom. The predicted molar refractivity (Wildman–Crippen MR) is 83.2 cm³/mol. The second-order valence-corrected chi connectivity index (χ2v) is 11.1. The number of benzene rings is 1. The van der Waals surface area contributed by atoms with Crippen molar-refractivity contribution in [3.8, 4) is 5.75 Å². The lowest BCUT2D eigenvalue weighted by Crippen LogP contribution is -2.43. The molecule has 1 rings (SSSR count). The van der Waals surface area contributed by atoms with Gasteiger partial charge in [0.05, 0.1) is 12.6 Å². The Kier molecular flexibility index (Phi) is 5.22. The molecular weight excluding hydrogens is 270 g/mol. The van der Waals surface area contributed by atoms with Crippen LogP contribution in [0.5, 0.6) is 5.75 Å². The molecule has 1 N–H and O–H groups in total. The van der Waals surface area contributed by atoms with Gasteiger partial charge in [0, 0.05) is 4.91 Å². The summed E-state index contributed by atoms with van der Waals surface area (Å²) in [5.41, 5.74) is 8.96. The topological polar surface area (TPSA) is 78.2 Å². The van der Waals surface area contributed by atoms with Crippen molar-refractivity contribution in [1.82, 2.24) is 0 Å². The van der Waals surface area contributed by atoms with Crippen LogP contribution in [-0.2, 0) is 0 Å². The average molecular weight is 293 g/mol. The van der Waals surface area contributed by atoms with E-state index in [9.17, 15) is 5.11 Å². The molecule has 1 aromatic carbocycles. The molecule has 0 radical (unpaired) electrons. The van der Waals surface area contributed by atoms with Crippen LogP contribution in [0.25, 0.3) is 10.4 Å². The van der Waals surface area contributed by atoms with Gasteiger partial charge in [0.2, 0.25) is 8.32 Å². The number of azide groups is 1. The Morgan fingerprint density at radius 2 is 1.85 bits per heavy atom. The van der Waals surface area contributed by atoms with Gasteiger partial charge in [-0.3, -0.25) is 0 Å². The van der Waals surface area contributed by atoms with E-state index in [1.165, 1.54) is 0 Å². The Morgan fingerprint density at radius 1 is 1.30 bits per heavy atom. The second-order valence-electron chi connectivity index (χ2n) is 6.36. The van der Waals surface area contributed by atoms with Gasteiger partial charge in [0.1, 0.15) is 5.75 Å². The molecule has 0 saturated heterocycles. The number of aliphatic hydroxyl groups excluding tert-OH is 1. The average Bonchev–Trinajstić information content (AvgIpc) is 2.35. The fourth-order valence-electron chi connectivity index (χ4n) is 1.43. The fraction of sp³-hybridized carbons (Fsp3) is 0.571. The first-order chi connectivity index (χ1) is 9.17. The summed E-state index contributed by atoms with van der Waals surface area (Å²) < 4.78 is 6.16. The van der Waals surface area contributed by atoms with Crippen LogP contribution in [0.4, 0.5) is 0 Å². The van der Waals surface area contributed by atoms with E-state index in [2.05, 4.69) is 43.9 Å². The van der Waals surface area contributed by atoms with Gasteiger partial charge in [-0.05, 0) is 41.4 Å². The quantitative estimate of drug-likeness (QED) is 0.377. The van der Waals surface area contributed by atoms with Crippen LogP contribution >= 0.6 is 0 Å². The zero-order chi connectivity index (χ0) is 15.4. The van der Waals surface area contributed by atoms with Crippen molar-refractivity contribution in [2.45, 2.75) is 45.0 Å². The van der Waals surface area contributed by atoms with E-state index in [0.29, 0.717) is 0 Å². The number of nitrogens with zero attached hydrogens (tertiary/aromatic N) is 3. The van der Waals surface area contributed by atoms with Gasteiger partial charge in [0.25, 0.3) is 0 Å². The maximum absolute atomic E-state index is 9.81. The molecule has 6 heteroatoms. The fourth-order valence-corrected chi connectivity index (χ4v) is 2.46. The summed E-state index contributed by atoms with van der Waals surface area (Å²) in [7, 11) is -1.84. The lowest BCUT2D eigenvalue weighted by molar-refractivity contribution is 0.186. The van der Waals surface area contributed by atoms with Crippen molar-refractivity contribution in [2.24, 2.45) is 5.11 Å². The van der Waals surface area contributed by atoms with Crippen molar-refractivity contribution in [3.63, 3.8) is 0 Å². The summed E-state index contributed by atoms with van der Waals surface area (Å²) in [6.07, 6.45) is -0.771. The van der Waals surface area contributed by atoms with E-state index in [-0.39, 0.29) is 11.6 Å². The van der Waals surface area contributed by atoms with E-state index >= 15 is 0 Å². The standard InChI is InChI=1S/C14H23N3O2Si/c1-14(2,3)20(4,5)19-12-8-6-11(7-9-12)13(18)10-16-17-15/h6-9,13,18H,10H2,1-5H3/t13-/m0/s1. The first-order valence-corrected chi connectivity index (χ1v) is 9.56. The molecule has 0 saturated carbocycles. The van der Waals surface area contributed by atoms with Gasteiger partial charge in [0.15, 0.2) is 0 Å². The highest BCUT2D eigenvalue weighted by molar-refractivity contribution is 6.74. The molecule has 0 spiro atoms. The molecule has 0 aliphatic heterocycles. The maximum Gasteiger partial charge on any atom is 0.250 e. The van der Waals surface area contributed by atoms with E-state index in [1.54, 1.807) is 12.1 Å². The summed E-state index contributed by atoms with van der Waals surface area (Å²) in [5.74, 6) is 0.816. The van der Waals surface area contributed by atoms with Gasteiger partial charge in [-0.15, -0.1) is 0 Å². The molecule has 1 atom stereocenters. The van der Waals surface area contributed by atoms with Crippen LogP contribution in [0.3, 0.4) is 0 Å². The van der Waals surface area contributed by atoms with Crippen LogP contribution in [0.2, 0.25) is 18.1 Å². The van der Waals surface area contributed by atoms with Crippen molar-refractivity contribution < 1.29 is 9.53 Å². The third-order valence-corrected chi connectivity index (χ3v) is 8.12. The lowest BCUT2D eigenvalue weighted by Gasteiger charge is -2.36. The molecule has 0 heterocycles. The van der Waals surface area contributed by atoms with Crippen LogP contribution in [0, 0.1) is 0 Å². The van der Waals surface area contributed by atoms with E-state index < -0.39 is 14.4 Å². The van der Waals surface area contributed by atoms with Gasteiger partial charge in [-0.2, -0.15) is 0 Å². The monoisotopic (exact) mass is 293 g/mol. The van der Waals surface area contributed by atoms with Crippen LogP contribution in [0.1, 0.15) is 32.4 Å². The van der Waals surface area contributed by atoms with Crippen LogP contribution < -0.4 is 4.43 Å². The highest BCUT2D eigenvalue weighted by Gasteiger charge is 2.38. The first kappa shape index (κ1) is 16.6. The van der Waals surface area contributed by atoms with Crippen molar-refractivity contribution in [2.75, 3.05) is 6.54 Å². The maximum atomic E-state index is 9.81. The van der Waals surface area contributed by atoms with Crippen molar-refractivity contribution in [3.05, 3.63) is 40.3 Å². The number of rotatable bonds is 5. The SMILES string of the molecule is CC(C)(C)[Si](C)(C)Oc1ccc([C@@H](O)CN=[N+]=[N-])cc1. The molecule has 0 amide bonds. The Bertz CT molecular complexity index is 488. The van der Waals surface area contributed by atoms with Crippen LogP contribution in [-0.4, -0.2) is 20.0 Å². The molecule has 0 fully saturated rings. The first-order valence-electron chi connectivity index (χ1n) is 6.65. The minimum atomic E-state index is -1.84. The molecule has 0 aliphatic carbocycles. The number of hydrogen-bond donors (Lipinski definition) is 1. The normalized spacial score (nSPS) is 13.5. The Balaban J connectivity index is 2.79. The molecular formula is C14H23N3O2Si. The molecule has 0 aromatic heterocycles. The summed E-state index contributed by atoms with van der Waals surface area (Å²) in [5, 5.41) is 13.3. The van der Waals surface area contributed by atoms with E-state index in [0.717, 1.165) is 11.3 Å². The third-order valence-electron chi connectivity index (χ3n) is 3.76. The lowest BCUT2D eigenvalue weighted by atomic mass is 10.1. The summed E-state index contributed by atoms with van der Waals surface area (Å²) >= 11 is 0. The number of aliphatic hydroxyl groups is 1. The zero-order valence-corrected chi connectivity index (χ0v) is 13.8. The second kappa shape index (κ2) is 6.30.